The molecule has 1 unspecified atom stereocenters. The number of aliphatic hydroxyl groups is 2. The maximum atomic E-state index is 10.3. The summed E-state index contributed by atoms with van der Waals surface area (Å²) < 4.78 is 0. The zero-order valence-electron chi connectivity index (χ0n) is 10.5. The van der Waals surface area contributed by atoms with Crippen molar-refractivity contribution in [2.45, 2.75) is 31.5 Å². The first-order valence-corrected chi connectivity index (χ1v) is 4.72. The fourth-order valence-corrected chi connectivity index (χ4v) is 0.714. The molecule has 10 nitrogen and oxygen atoms in total. The van der Waals surface area contributed by atoms with Crippen LogP contribution >= 0.6 is 0 Å². The van der Waals surface area contributed by atoms with Gasteiger partial charge in [0.05, 0.1) is 12.8 Å². The summed E-state index contributed by atoms with van der Waals surface area (Å²) in [5.74, 6) is -6.20. The first kappa shape index (κ1) is 23.5. The van der Waals surface area contributed by atoms with Crippen LogP contribution in [0.25, 0.3) is 0 Å². The summed E-state index contributed by atoms with van der Waals surface area (Å²) in [7, 11) is 0. The Balaban J connectivity index is -0.000000352. The maximum Gasteiger partial charge on any atom is 0.336 e. The third kappa shape index (κ3) is 11.5. The molecule has 0 aliphatic heterocycles. The van der Waals surface area contributed by atoms with Gasteiger partial charge in [0.15, 0.2) is 5.60 Å². The number of carbonyl (C=O) groups is 4. The number of rotatable bonds is 6. The molecule has 0 rings (SSSR count). The summed E-state index contributed by atoms with van der Waals surface area (Å²) in [4.78, 5) is 39.9. The predicted molar refractivity (Wildman–Crippen MR) is 56.4 cm³/mol. The molecule has 1 atom stereocenters. The molecule has 0 aromatic rings. The van der Waals surface area contributed by atoms with Gasteiger partial charge in [0.25, 0.3) is 0 Å². The smallest absolute Gasteiger partial charge is 0.336 e. The summed E-state index contributed by atoms with van der Waals surface area (Å²) >= 11 is 0. The van der Waals surface area contributed by atoms with Gasteiger partial charge in [-0.15, -0.1) is 0 Å². The third-order valence-electron chi connectivity index (χ3n) is 1.64. The van der Waals surface area contributed by atoms with Gasteiger partial charge in [-0.2, -0.15) is 0 Å². The van der Waals surface area contributed by atoms with Crippen LogP contribution in [-0.4, -0.2) is 66.2 Å². The Morgan fingerprint density at radius 1 is 0.950 bits per heavy atom. The van der Waals surface area contributed by atoms with E-state index in [1.165, 1.54) is 6.92 Å². The van der Waals surface area contributed by atoms with Crippen LogP contribution in [0, 0.1) is 0 Å². The Labute approximate surface area is 125 Å². The predicted octanol–water partition coefficient (Wildman–Crippen LogP) is -1.80. The van der Waals surface area contributed by atoms with Crippen molar-refractivity contribution in [2.24, 2.45) is 0 Å². The third-order valence-corrected chi connectivity index (χ3v) is 1.64. The molecule has 0 aromatic heterocycles. The molecule has 0 amide bonds. The van der Waals surface area contributed by atoms with Crippen LogP contribution < -0.4 is 0 Å². The van der Waals surface area contributed by atoms with Crippen molar-refractivity contribution in [3.8, 4) is 0 Å². The van der Waals surface area contributed by atoms with Crippen LogP contribution in [0.2, 0.25) is 0 Å². The largest absolute Gasteiger partial charge is 0.481 e. The van der Waals surface area contributed by atoms with E-state index in [-0.39, 0.29) is 19.5 Å². The van der Waals surface area contributed by atoms with E-state index >= 15 is 0 Å². The van der Waals surface area contributed by atoms with Crippen LogP contribution in [0.3, 0.4) is 0 Å². The standard InChI is InChI=1S/C6H8O7.C3H6O3.Zn/c7-3(8)1-6(13,5(11)12)2-4(9)10;1-2(4)3(5)6;/h13H,1-2H2,(H,7,8)(H,9,10)(H,11,12);2,4H,1H3,(H,5,6);. The molecular weight excluding hydrogens is 333 g/mol. The minimum absolute atomic E-state index is 0. The van der Waals surface area contributed by atoms with Gasteiger partial charge in [-0.05, 0) is 6.92 Å². The van der Waals surface area contributed by atoms with E-state index in [0.717, 1.165) is 0 Å². The molecule has 0 heterocycles. The van der Waals surface area contributed by atoms with Gasteiger partial charge in [0, 0.05) is 19.5 Å². The minimum atomic E-state index is -2.74. The molecule has 0 spiro atoms. The van der Waals surface area contributed by atoms with Gasteiger partial charge in [-0.3, -0.25) is 9.59 Å². The van der Waals surface area contributed by atoms with E-state index in [9.17, 15) is 19.2 Å². The van der Waals surface area contributed by atoms with E-state index in [4.69, 9.17) is 30.6 Å². The van der Waals surface area contributed by atoms with E-state index in [1.54, 1.807) is 0 Å². The van der Waals surface area contributed by atoms with Crippen molar-refractivity contribution < 1.29 is 69.3 Å². The maximum absolute atomic E-state index is 10.3. The van der Waals surface area contributed by atoms with Crippen molar-refractivity contribution in [2.75, 3.05) is 0 Å². The quantitative estimate of drug-likeness (QED) is 0.299. The summed E-state index contributed by atoms with van der Waals surface area (Å²) in [6.07, 6.45) is -3.52. The molecule has 0 bridgehead atoms. The molecule has 0 saturated heterocycles. The molecule has 11 heteroatoms. The molecular formula is C9H14O10Zn. The fourth-order valence-electron chi connectivity index (χ4n) is 0.714. The minimum Gasteiger partial charge on any atom is -0.481 e. The van der Waals surface area contributed by atoms with E-state index in [1.807, 2.05) is 0 Å². The van der Waals surface area contributed by atoms with Crippen molar-refractivity contribution in [3.05, 3.63) is 0 Å². The van der Waals surface area contributed by atoms with Gasteiger partial charge in [-0.1, -0.05) is 0 Å². The molecule has 112 valence electrons. The van der Waals surface area contributed by atoms with E-state index in [2.05, 4.69) is 0 Å². The zero-order valence-corrected chi connectivity index (χ0v) is 13.5. The SMILES string of the molecule is CC(O)C(=O)O.O=C(O)CC(O)(CC(=O)O)C(=O)O.[Zn]. The number of aliphatic carboxylic acids is 4. The molecule has 0 aliphatic rings. The Morgan fingerprint density at radius 2 is 1.20 bits per heavy atom. The van der Waals surface area contributed by atoms with Crippen LogP contribution in [0.4, 0.5) is 0 Å². The molecule has 0 aliphatic carbocycles. The topological polar surface area (TPSA) is 190 Å². The van der Waals surface area contributed by atoms with Gasteiger partial charge in [-0.25, -0.2) is 9.59 Å². The van der Waals surface area contributed by atoms with Crippen LogP contribution in [0.15, 0.2) is 0 Å². The number of hydrogen-bond acceptors (Lipinski definition) is 6. The fraction of sp³-hybridized carbons (Fsp3) is 0.556. The molecule has 0 aromatic carbocycles. The molecule has 0 radical (unpaired) electrons. The first-order valence-electron chi connectivity index (χ1n) is 4.72. The number of hydrogen-bond donors (Lipinski definition) is 6. The normalized spacial score (nSPS) is 11.2. The molecule has 0 fully saturated rings. The second-order valence-corrected chi connectivity index (χ2v) is 3.49. The molecule has 20 heavy (non-hydrogen) atoms. The summed E-state index contributed by atoms with van der Waals surface area (Å²) in [6.45, 7) is 1.20. The molecule has 6 N–H and O–H groups in total. The van der Waals surface area contributed by atoms with Crippen LogP contribution in [-0.2, 0) is 38.7 Å². The van der Waals surface area contributed by atoms with Crippen molar-refractivity contribution >= 4 is 23.9 Å². The first-order chi connectivity index (χ1) is 8.42. The monoisotopic (exact) mass is 346 g/mol. The molecule has 0 saturated carbocycles. The summed E-state index contributed by atoms with van der Waals surface area (Å²) in [5.41, 5.74) is -2.74. The van der Waals surface area contributed by atoms with Gasteiger partial charge in [0.1, 0.15) is 6.10 Å². The van der Waals surface area contributed by atoms with Gasteiger partial charge < -0.3 is 30.6 Å². The van der Waals surface area contributed by atoms with Crippen molar-refractivity contribution in [3.63, 3.8) is 0 Å². The van der Waals surface area contributed by atoms with Crippen molar-refractivity contribution in [1.29, 1.82) is 0 Å². The van der Waals surface area contributed by atoms with E-state index in [0.29, 0.717) is 0 Å². The average molecular weight is 348 g/mol. The summed E-state index contributed by atoms with van der Waals surface area (Å²) in [6, 6.07) is 0. The number of aliphatic hydroxyl groups excluding tert-OH is 1. The van der Waals surface area contributed by atoms with Gasteiger partial charge >= 0.3 is 23.9 Å². The zero-order chi connectivity index (χ0) is 15.8. The van der Waals surface area contributed by atoms with Crippen LogP contribution in [0.5, 0.6) is 0 Å². The number of carboxylic acids is 4. The Bertz CT molecular complexity index is 348. The average Bonchev–Trinajstić information content (AvgIpc) is 2.14. The second-order valence-electron chi connectivity index (χ2n) is 3.49. The Hall–Kier alpha value is -1.58. The van der Waals surface area contributed by atoms with E-state index < -0.39 is 48.4 Å². The van der Waals surface area contributed by atoms with Gasteiger partial charge in [0.2, 0.25) is 0 Å². The van der Waals surface area contributed by atoms with Crippen molar-refractivity contribution in [1.82, 2.24) is 0 Å². The second kappa shape index (κ2) is 10.2. The van der Waals surface area contributed by atoms with Crippen LogP contribution in [0.1, 0.15) is 19.8 Å². The Kier molecular flexibility index (Phi) is 12.0. The number of carboxylic acid groups (broad SMARTS) is 4. The summed E-state index contributed by atoms with van der Waals surface area (Å²) in [5, 5.41) is 49.6. The Morgan fingerprint density at radius 3 is 1.30 bits per heavy atom.